The maximum atomic E-state index is 6.13. The second-order valence-corrected chi connectivity index (χ2v) is 13.6. The number of ether oxygens (including phenoxy) is 2. The summed E-state index contributed by atoms with van der Waals surface area (Å²) in [5.74, 6) is 3.18. The molecular formula is C50H36N2O2. The highest BCUT2D eigenvalue weighted by atomic mass is 16.5. The van der Waals surface area contributed by atoms with Crippen LogP contribution in [0.25, 0.3) is 66.6 Å². The van der Waals surface area contributed by atoms with Crippen LogP contribution in [0.2, 0.25) is 0 Å². The van der Waals surface area contributed by atoms with Gasteiger partial charge in [0.05, 0.1) is 22.4 Å². The Morgan fingerprint density at radius 3 is 1.02 bits per heavy atom. The molecule has 0 aliphatic heterocycles. The van der Waals surface area contributed by atoms with E-state index in [0.29, 0.717) is 0 Å². The van der Waals surface area contributed by atoms with E-state index in [1.54, 1.807) is 0 Å². The van der Waals surface area contributed by atoms with Crippen LogP contribution in [0.4, 0.5) is 0 Å². The van der Waals surface area contributed by atoms with Crippen LogP contribution in [-0.4, -0.2) is 9.97 Å². The Morgan fingerprint density at radius 2 is 0.667 bits per heavy atom. The summed E-state index contributed by atoms with van der Waals surface area (Å²) in [6, 6.07) is 62.3. The number of benzene rings is 7. The molecule has 0 aliphatic carbocycles. The van der Waals surface area contributed by atoms with E-state index in [9.17, 15) is 0 Å². The fourth-order valence-corrected chi connectivity index (χ4v) is 6.83. The van der Waals surface area contributed by atoms with Crippen LogP contribution in [0.5, 0.6) is 23.0 Å². The van der Waals surface area contributed by atoms with Crippen LogP contribution in [0.3, 0.4) is 0 Å². The van der Waals surface area contributed by atoms with Gasteiger partial charge in [-0.15, -0.1) is 0 Å². The first-order chi connectivity index (χ1) is 26.5. The van der Waals surface area contributed by atoms with E-state index in [2.05, 4.69) is 135 Å². The van der Waals surface area contributed by atoms with Crippen molar-refractivity contribution in [3.05, 3.63) is 193 Å². The minimum Gasteiger partial charge on any atom is -0.457 e. The van der Waals surface area contributed by atoms with Gasteiger partial charge in [-0.2, -0.15) is 0 Å². The van der Waals surface area contributed by atoms with Gasteiger partial charge in [0.15, 0.2) is 0 Å². The number of aromatic nitrogens is 2. The van der Waals surface area contributed by atoms with Crippen LogP contribution in [0.15, 0.2) is 182 Å². The minimum absolute atomic E-state index is 0.778. The summed E-state index contributed by atoms with van der Waals surface area (Å²) in [6.07, 6.45) is 0. The van der Waals surface area contributed by atoms with Crippen molar-refractivity contribution >= 4 is 21.8 Å². The van der Waals surface area contributed by atoms with Crippen molar-refractivity contribution in [2.45, 2.75) is 13.8 Å². The third kappa shape index (κ3) is 6.81. The lowest BCUT2D eigenvalue weighted by molar-refractivity contribution is 0.482. The van der Waals surface area contributed by atoms with Crippen molar-refractivity contribution < 1.29 is 9.47 Å². The van der Waals surface area contributed by atoms with Gasteiger partial charge in [0.25, 0.3) is 0 Å². The Kier molecular flexibility index (Phi) is 8.62. The van der Waals surface area contributed by atoms with Gasteiger partial charge in [0, 0.05) is 21.9 Å². The number of pyridine rings is 2. The molecule has 4 heteroatoms. The van der Waals surface area contributed by atoms with E-state index in [0.717, 1.165) is 89.6 Å². The fourth-order valence-electron chi connectivity index (χ4n) is 6.83. The lowest BCUT2D eigenvalue weighted by Gasteiger charge is -2.15. The molecule has 0 N–H and O–H groups in total. The molecule has 7 aromatic carbocycles. The van der Waals surface area contributed by atoms with Crippen molar-refractivity contribution in [2.24, 2.45) is 0 Å². The number of hydrogen-bond donors (Lipinski definition) is 0. The van der Waals surface area contributed by atoms with E-state index in [-0.39, 0.29) is 0 Å². The van der Waals surface area contributed by atoms with Crippen LogP contribution < -0.4 is 9.47 Å². The van der Waals surface area contributed by atoms with E-state index in [1.165, 1.54) is 11.1 Å². The Labute approximate surface area is 315 Å². The Morgan fingerprint density at radius 1 is 0.333 bits per heavy atom. The van der Waals surface area contributed by atoms with E-state index >= 15 is 0 Å². The second-order valence-electron chi connectivity index (χ2n) is 13.6. The molecule has 54 heavy (non-hydrogen) atoms. The Balaban J connectivity index is 1.16. The first kappa shape index (κ1) is 32.8. The number of nitrogens with zero attached hydrogens (tertiary/aromatic N) is 2. The third-order valence-electron chi connectivity index (χ3n) is 9.72. The zero-order valence-electron chi connectivity index (χ0n) is 30.0. The SMILES string of the molecule is Cc1ccc(Oc2ccc(-c3cc(-c4ccccc4)c4cc5nc(-c6ccc(Oc7ccc(C)cc7)cc6)cc(-c6ccccc6)c5cc4n3)cc2)cc1. The minimum atomic E-state index is 0.778. The molecule has 0 fully saturated rings. The summed E-state index contributed by atoms with van der Waals surface area (Å²) in [7, 11) is 0. The van der Waals surface area contributed by atoms with Crippen molar-refractivity contribution in [1.82, 2.24) is 9.97 Å². The van der Waals surface area contributed by atoms with Crippen molar-refractivity contribution in [2.75, 3.05) is 0 Å². The highest BCUT2D eigenvalue weighted by Gasteiger charge is 2.16. The van der Waals surface area contributed by atoms with E-state index in [1.807, 2.05) is 60.7 Å². The maximum Gasteiger partial charge on any atom is 0.127 e. The molecule has 2 aromatic heterocycles. The lowest BCUT2D eigenvalue weighted by atomic mass is 9.94. The molecule has 4 nitrogen and oxygen atoms in total. The average molecular weight is 697 g/mol. The monoisotopic (exact) mass is 696 g/mol. The van der Waals surface area contributed by atoms with Crippen molar-refractivity contribution in [1.29, 1.82) is 0 Å². The van der Waals surface area contributed by atoms with Gasteiger partial charge in [-0.3, -0.25) is 0 Å². The van der Waals surface area contributed by atoms with Crippen LogP contribution in [0.1, 0.15) is 11.1 Å². The lowest BCUT2D eigenvalue weighted by Crippen LogP contribution is -1.94. The molecule has 2 heterocycles. The first-order valence-corrected chi connectivity index (χ1v) is 18.1. The summed E-state index contributed by atoms with van der Waals surface area (Å²) in [5, 5.41) is 2.09. The second kappa shape index (κ2) is 14.2. The molecule has 258 valence electrons. The van der Waals surface area contributed by atoms with Crippen LogP contribution in [0, 0.1) is 13.8 Å². The largest absolute Gasteiger partial charge is 0.457 e. The molecule has 0 saturated heterocycles. The average Bonchev–Trinajstić information content (AvgIpc) is 3.22. The molecule has 9 aromatic rings. The van der Waals surface area contributed by atoms with Gasteiger partial charge < -0.3 is 9.47 Å². The van der Waals surface area contributed by atoms with Gasteiger partial charge in [-0.05, 0) is 133 Å². The Bertz CT molecular complexity index is 2530. The Hall–Kier alpha value is -7.04. The molecule has 0 amide bonds. The van der Waals surface area contributed by atoms with Crippen LogP contribution in [-0.2, 0) is 0 Å². The zero-order chi connectivity index (χ0) is 36.4. The van der Waals surface area contributed by atoms with Crippen LogP contribution >= 0.6 is 0 Å². The standard InChI is InChI=1S/C50H36N2O2/c1-33-13-21-39(22-14-33)53-41-25-17-37(18-26-41)47-29-43(35-9-5-3-6-10-35)45-32-50-46(31-49(45)51-47)44(36-11-7-4-8-12-36)30-48(52-50)38-19-27-42(28-20-38)54-40-23-15-34(2)16-24-40/h3-32H,1-2H3. The van der Waals surface area contributed by atoms with Gasteiger partial charge >= 0.3 is 0 Å². The molecule has 0 spiro atoms. The van der Waals surface area contributed by atoms with Gasteiger partial charge in [-0.1, -0.05) is 96.1 Å². The summed E-state index contributed by atoms with van der Waals surface area (Å²) >= 11 is 0. The smallest absolute Gasteiger partial charge is 0.127 e. The number of aryl methyl sites for hydroxylation is 2. The molecular weight excluding hydrogens is 661 g/mol. The quantitative estimate of drug-likeness (QED) is 0.148. The summed E-state index contributed by atoms with van der Waals surface area (Å²) in [4.78, 5) is 10.6. The molecule has 0 saturated carbocycles. The van der Waals surface area contributed by atoms with Crippen molar-refractivity contribution in [3.63, 3.8) is 0 Å². The molecule has 0 aliphatic rings. The molecule has 0 radical (unpaired) electrons. The predicted molar refractivity (Wildman–Crippen MR) is 221 cm³/mol. The summed E-state index contributed by atoms with van der Waals surface area (Å²) in [6.45, 7) is 4.14. The third-order valence-corrected chi connectivity index (χ3v) is 9.72. The topological polar surface area (TPSA) is 44.2 Å². The van der Waals surface area contributed by atoms with E-state index in [4.69, 9.17) is 19.4 Å². The van der Waals surface area contributed by atoms with Crippen molar-refractivity contribution in [3.8, 4) is 67.8 Å². The number of rotatable bonds is 8. The first-order valence-electron chi connectivity index (χ1n) is 18.1. The normalized spacial score (nSPS) is 11.1. The fraction of sp³-hybridized carbons (Fsp3) is 0.0400. The summed E-state index contributed by atoms with van der Waals surface area (Å²) < 4.78 is 12.3. The van der Waals surface area contributed by atoms with Gasteiger partial charge in [0.1, 0.15) is 23.0 Å². The molecule has 0 unspecified atom stereocenters. The highest BCUT2D eigenvalue weighted by Crippen LogP contribution is 2.39. The maximum absolute atomic E-state index is 6.13. The summed E-state index contributed by atoms with van der Waals surface area (Å²) in [5.41, 5.74) is 12.4. The number of hydrogen-bond acceptors (Lipinski definition) is 4. The molecule has 0 bridgehead atoms. The molecule has 9 rings (SSSR count). The van der Waals surface area contributed by atoms with Gasteiger partial charge in [0.2, 0.25) is 0 Å². The number of fused-ring (bicyclic) bond motifs is 2. The van der Waals surface area contributed by atoms with Gasteiger partial charge in [-0.25, -0.2) is 9.97 Å². The highest BCUT2D eigenvalue weighted by molar-refractivity contribution is 6.08. The zero-order valence-corrected chi connectivity index (χ0v) is 30.0. The molecule has 0 atom stereocenters. The van der Waals surface area contributed by atoms with E-state index < -0.39 is 0 Å². The predicted octanol–water partition coefficient (Wildman–Crippen LogP) is 13.7.